The fraction of sp³-hybridized carbons (Fsp3) is 0.625. The summed E-state index contributed by atoms with van der Waals surface area (Å²) in [6.45, 7) is 8.90. The van der Waals surface area contributed by atoms with Crippen molar-refractivity contribution in [1.29, 1.82) is 0 Å². The van der Waals surface area contributed by atoms with Crippen LogP contribution in [-0.2, 0) is 0 Å². The fourth-order valence-corrected chi connectivity index (χ4v) is 3.07. The highest BCUT2D eigenvalue weighted by Gasteiger charge is 2.22. The molecule has 1 atom stereocenters. The molecule has 0 radical (unpaired) electrons. The van der Waals surface area contributed by atoms with Crippen molar-refractivity contribution in [2.24, 2.45) is 5.92 Å². The van der Waals surface area contributed by atoms with E-state index in [0.29, 0.717) is 16.1 Å². The Kier molecular flexibility index (Phi) is 6.16. The van der Waals surface area contributed by atoms with Gasteiger partial charge in [0, 0.05) is 32.2 Å². The predicted molar refractivity (Wildman–Crippen MR) is 87.7 cm³/mol. The third-order valence-electron chi connectivity index (χ3n) is 3.94. The van der Waals surface area contributed by atoms with Crippen molar-refractivity contribution < 1.29 is 0 Å². The second-order valence-corrected chi connectivity index (χ2v) is 6.76. The van der Waals surface area contributed by atoms with Crippen LogP contribution >= 0.6 is 23.2 Å². The zero-order chi connectivity index (χ0) is 14.5. The van der Waals surface area contributed by atoms with Crippen LogP contribution in [0.3, 0.4) is 0 Å². The van der Waals surface area contributed by atoms with Gasteiger partial charge in [-0.1, -0.05) is 43.1 Å². The number of hydrogen-bond donors (Lipinski definition) is 1. The number of piperazine rings is 1. The van der Waals surface area contributed by atoms with Crippen molar-refractivity contribution in [2.75, 3.05) is 26.2 Å². The third-order valence-corrected chi connectivity index (χ3v) is 4.68. The molecular formula is C16H24Cl2N2. The Labute approximate surface area is 132 Å². The maximum absolute atomic E-state index is 6.20. The highest BCUT2D eigenvalue weighted by atomic mass is 35.5. The van der Waals surface area contributed by atoms with Crippen molar-refractivity contribution in [3.63, 3.8) is 0 Å². The smallest absolute Gasteiger partial charge is 0.0595 e. The van der Waals surface area contributed by atoms with Gasteiger partial charge in [-0.25, -0.2) is 0 Å². The maximum atomic E-state index is 6.20. The molecule has 1 fully saturated rings. The third kappa shape index (κ3) is 4.36. The molecule has 0 aromatic heterocycles. The van der Waals surface area contributed by atoms with Gasteiger partial charge in [-0.2, -0.15) is 0 Å². The van der Waals surface area contributed by atoms with Crippen LogP contribution in [-0.4, -0.2) is 31.1 Å². The Balaban J connectivity index is 2.17. The molecule has 2 rings (SSSR count). The van der Waals surface area contributed by atoms with Crippen molar-refractivity contribution >= 4 is 23.2 Å². The van der Waals surface area contributed by atoms with Gasteiger partial charge in [-0.05, 0) is 36.5 Å². The van der Waals surface area contributed by atoms with Gasteiger partial charge in [0.1, 0.15) is 0 Å². The van der Waals surface area contributed by atoms with Crippen molar-refractivity contribution in [1.82, 2.24) is 10.2 Å². The summed E-state index contributed by atoms with van der Waals surface area (Å²) in [5, 5.41) is 4.72. The van der Waals surface area contributed by atoms with E-state index in [0.717, 1.165) is 32.1 Å². The van der Waals surface area contributed by atoms with E-state index < -0.39 is 0 Å². The van der Waals surface area contributed by atoms with E-state index in [4.69, 9.17) is 23.2 Å². The Morgan fingerprint density at radius 2 is 1.80 bits per heavy atom. The molecule has 4 heteroatoms. The highest BCUT2D eigenvalue weighted by molar-refractivity contribution is 6.42. The molecule has 1 aliphatic rings. The minimum Gasteiger partial charge on any atom is -0.314 e. The van der Waals surface area contributed by atoms with Crippen LogP contribution in [0, 0.1) is 5.92 Å². The predicted octanol–water partition coefficient (Wildman–Crippen LogP) is 4.38. The monoisotopic (exact) mass is 314 g/mol. The van der Waals surface area contributed by atoms with E-state index in [9.17, 15) is 0 Å². The summed E-state index contributed by atoms with van der Waals surface area (Å²) in [5.74, 6) is 0.725. The molecule has 0 aliphatic carbocycles. The molecule has 0 spiro atoms. The van der Waals surface area contributed by atoms with Gasteiger partial charge >= 0.3 is 0 Å². The standard InChI is InChI=1S/C16H24Cl2N2/c1-12(2)3-6-16(20-9-7-19-8-10-20)13-4-5-14(17)15(18)11-13/h4-5,11-12,16,19H,3,6-10H2,1-2H3/t16-/m1/s1. The lowest BCUT2D eigenvalue weighted by Gasteiger charge is -2.35. The molecule has 0 bridgehead atoms. The molecule has 20 heavy (non-hydrogen) atoms. The van der Waals surface area contributed by atoms with E-state index in [1.807, 2.05) is 12.1 Å². The minimum absolute atomic E-state index is 0.453. The largest absolute Gasteiger partial charge is 0.314 e. The lowest BCUT2D eigenvalue weighted by atomic mass is 9.96. The first-order valence-electron chi connectivity index (χ1n) is 7.47. The van der Waals surface area contributed by atoms with Gasteiger partial charge in [0.2, 0.25) is 0 Å². The fourth-order valence-electron chi connectivity index (χ4n) is 2.76. The zero-order valence-corrected chi connectivity index (χ0v) is 13.8. The Bertz CT molecular complexity index is 428. The summed E-state index contributed by atoms with van der Waals surface area (Å²) in [4.78, 5) is 2.57. The average Bonchev–Trinajstić information content (AvgIpc) is 2.44. The van der Waals surface area contributed by atoms with Gasteiger partial charge < -0.3 is 5.32 Å². The van der Waals surface area contributed by atoms with Crippen molar-refractivity contribution in [2.45, 2.75) is 32.7 Å². The maximum Gasteiger partial charge on any atom is 0.0595 e. The molecule has 1 saturated heterocycles. The first-order chi connectivity index (χ1) is 9.58. The highest BCUT2D eigenvalue weighted by Crippen LogP contribution is 2.32. The van der Waals surface area contributed by atoms with Gasteiger partial charge in [-0.3, -0.25) is 4.90 Å². The molecule has 0 amide bonds. The molecule has 1 aliphatic heterocycles. The number of nitrogens with one attached hydrogen (secondary N) is 1. The van der Waals surface area contributed by atoms with Gasteiger partial charge in [0.15, 0.2) is 0 Å². The number of nitrogens with zero attached hydrogens (tertiary/aromatic N) is 1. The summed E-state index contributed by atoms with van der Waals surface area (Å²) in [5.41, 5.74) is 1.29. The normalized spacial score (nSPS) is 18.4. The second kappa shape index (κ2) is 7.65. The van der Waals surface area contributed by atoms with E-state index >= 15 is 0 Å². The van der Waals surface area contributed by atoms with Crippen molar-refractivity contribution in [3.05, 3.63) is 33.8 Å². The van der Waals surface area contributed by atoms with Crippen LogP contribution < -0.4 is 5.32 Å². The Hall–Kier alpha value is -0.280. The SMILES string of the molecule is CC(C)CC[C@H](c1ccc(Cl)c(Cl)c1)N1CCNCC1. The molecule has 112 valence electrons. The van der Waals surface area contributed by atoms with Crippen molar-refractivity contribution in [3.8, 4) is 0 Å². The van der Waals surface area contributed by atoms with E-state index in [1.165, 1.54) is 18.4 Å². The molecule has 1 aromatic carbocycles. The molecule has 1 aromatic rings. The lowest BCUT2D eigenvalue weighted by molar-refractivity contribution is 0.160. The first-order valence-corrected chi connectivity index (χ1v) is 8.23. The van der Waals surface area contributed by atoms with Crippen LogP contribution in [0.15, 0.2) is 18.2 Å². The molecule has 2 nitrogen and oxygen atoms in total. The number of hydrogen-bond acceptors (Lipinski definition) is 2. The molecule has 0 unspecified atom stereocenters. The quantitative estimate of drug-likeness (QED) is 0.867. The minimum atomic E-state index is 0.453. The van der Waals surface area contributed by atoms with Crippen LogP contribution in [0.4, 0.5) is 0 Å². The zero-order valence-electron chi connectivity index (χ0n) is 12.3. The van der Waals surface area contributed by atoms with Crippen LogP contribution in [0.1, 0.15) is 38.3 Å². The summed E-state index contributed by atoms with van der Waals surface area (Å²) >= 11 is 12.2. The number of rotatable bonds is 5. The Morgan fingerprint density at radius 1 is 1.10 bits per heavy atom. The second-order valence-electron chi connectivity index (χ2n) is 5.95. The summed E-state index contributed by atoms with van der Waals surface area (Å²) in [6.07, 6.45) is 2.41. The van der Waals surface area contributed by atoms with Crippen LogP contribution in [0.25, 0.3) is 0 Å². The van der Waals surface area contributed by atoms with Crippen LogP contribution in [0.5, 0.6) is 0 Å². The Morgan fingerprint density at radius 3 is 2.40 bits per heavy atom. The summed E-state index contributed by atoms with van der Waals surface area (Å²) < 4.78 is 0. The van der Waals surface area contributed by atoms with Crippen LogP contribution in [0.2, 0.25) is 10.0 Å². The topological polar surface area (TPSA) is 15.3 Å². The van der Waals surface area contributed by atoms with Gasteiger partial charge in [-0.15, -0.1) is 0 Å². The van der Waals surface area contributed by atoms with E-state index in [1.54, 1.807) is 0 Å². The molecule has 0 saturated carbocycles. The van der Waals surface area contributed by atoms with Gasteiger partial charge in [0.25, 0.3) is 0 Å². The first kappa shape index (κ1) is 16.1. The number of halogens is 2. The molecule has 1 N–H and O–H groups in total. The lowest BCUT2D eigenvalue weighted by Crippen LogP contribution is -2.45. The van der Waals surface area contributed by atoms with E-state index in [2.05, 4.69) is 30.1 Å². The summed E-state index contributed by atoms with van der Waals surface area (Å²) in [6, 6.07) is 6.54. The molecular weight excluding hydrogens is 291 g/mol. The van der Waals surface area contributed by atoms with E-state index in [-0.39, 0.29) is 0 Å². The number of benzene rings is 1. The molecule has 1 heterocycles. The average molecular weight is 315 g/mol. The summed E-state index contributed by atoms with van der Waals surface area (Å²) in [7, 11) is 0. The van der Waals surface area contributed by atoms with Gasteiger partial charge in [0.05, 0.1) is 10.0 Å².